The molecule has 3 rings (SSSR count). The molecule has 1 N–H and O–H groups in total. The lowest BCUT2D eigenvalue weighted by molar-refractivity contribution is -0.146. The number of hydrogen-bond acceptors (Lipinski definition) is 5. The molecule has 0 aliphatic carbocycles. The number of hydrogen-bond donors (Lipinski definition) is 1. The normalized spacial score (nSPS) is 14.8. The highest BCUT2D eigenvalue weighted by Crippen LogP contribution is 2.31. The highest BCUT2D eigenvalue weighted by atomic mass is 35.5. The number of imidazole rings is 1. The SMILES string of the molecule is COC(=O)C(C)(C)NC(=O)c1nc(-c2cc(Cl)c(F)cc2F)n2c1CN(C)CCC2. The van der Waals surface area contributed by atoms with Crippen molar-refractivity contribution in [3.8, 4) is 11.4 Å². The van der Waals surface area contributed by atoms with E-state index in [9.17, 15) is 18.4 Å². The van der Waals surface area contributed by atoms with Crippen LogP contribution in [0.15, 0.2) is 12.1 Å². The van der Waals surface area contributed by atoms with Gasteiger partial charge in [0.05, 0.1) is 23.4 Å². The average Bonchev–Trinajstić information content (AvgIpc) is 2.90. The van der Waals surface area contributed by atoms with Crippen LogP contribution in [-0.2, 0) is 22.6 Å². The van der Waals surface area contributed by atoms with Gasteiger partial charge in [-0.1, -0.05) is 11.6 Å². The highest BCUT2D eigenvalue weighted by Gasteiger charge is 2.34. The Morgan fingerprint density at radius 3 is 2.60 bits per heavy atom. The molecule has 1 aromatic carbocycles. The van der Waals surface area contributed by atoms with Crippen molar-refractivity contribution in [2.75, 3.05) is 20.7 Å². The first kappa shape index (κ1) is 22.2. The Morgan fingerprint density at radius 2 is 1.93 bits per heavy atom. The number of ether oxygens (including phenoxy) is 1. The number of methoxy groups -OCH3 is 1. The third-order valence-electron chi connectivity index (χ3n) is 5.00. The summed E-state index contributed by atoms with van der Waals surface area (Å²) in [5, 5.41) is 2.38. The second-order valence-corrected chi connectivity index (χ2v) is 8.20. The fraction of sp³-hybridized carbons (Fsp3) is 0.450. The molecule has 0 spiro atoms. The van der Waals surface area contributed by atoms with Crippen molar-refractivity contribution in [3.05, 3.63) is 40.2 Å². The Labute approximate surface area is 178 Å². The molecule has 2 aromatic rings. The molecule has 0 unspecified atom stereocenters. The number of benzene rings is 1. The van der Waals surface area contributed by atoms with Gasteiger partial charge in [0.15, 0.2) is 5.69 Å². The Morgan fingerprint density at radius 1 is 1.23 bits per heavy atom. The lowest BCUT2D eigenvalue weighted by Crippen LogP contribution is -2.50. The van der Waals surface area contributed by atoms with Gasteiger partial charge in [-0.15, -0.1) is 0 Å². The van der Waals surface area contributed by atoms with Crippen LogP contribution in [0, 0.1) is 11.6 Å². The molecule has 0 fully saturated rings. The van der Waals surface area contributed by atoms with E-state index in [1.807, 2.05) is 11.9 Å². The van der Waals surface area contributed by atoms with Gasteiger partial charge in [-0.3, -0.25) is 4.79 Å². The minimum absolute atomic E-state index is 0.00141. The molecule has 7 nitrogen and oxygen atoms in total. The second kappa shape index (κ2) is 8.31. The summed E-state index contributed by atoms with van der Waals surface area (Å²) in [6, 6.07) is 1.86. The van der Waals surface area contributed by atoms with Crippen LogP contribution in [0.2, 0.25) is 5.02 Å². The van der Waals surface area contributed by atoms with Crippen molar-refractivity contribution < 1.29 is 23.1 Å². The summed E-state index contributed by atoms with van der Waals surface area (Å²) < 4.78 is 34.7. The van der Waals surface area contributed by atoms with Crippen molar-refractivity contribution >= 4 is 23.5 Å². The van der Waals surface area contributed by atoms with E-state index in [1.54, 1.807) is 4.57 Å². The van der Waals surface area contributed by atoms with E-state index >= 15 is 0 Å². The van der Waals surface area contributed by atoms with Crippen LogP contribution in [0.25, 0.3) is 11.4 Å². The summed E-state index contributed by atoms with van der Waals surface area (Å²) in [4.78, 5) is 31.4. The maximum atomic E-state index is 14.6. The summed E-state index contributed by atoms with van der Waals surface area (Å²) in [5.74, 6) is -2.73. The molecule has 0 saturated heterocycles. The minimum atomic E-state index is -1.29. The van der Waals surface area contributed by atoms with Crippen molar-refractivity contribution in [3.63, 3.8) is 0 Å². The number of esters is 1. The topological polar surface area (TPSA) is 76.5 Å². The van der Waals surface area contributed by atoms with Crippen LogP contribution in [0.1, 0.15) is 36.5 Å². The summed E-state index contributed by atoms with van der Waals surface area (Å²) in [6.45, 7) is 4.67. The summed E-state index contributed by atoms with van der Waals surface area (Å²) in [7, 11) is 3.13. The van der Waals surface area contributed by atoms with E-state index in [2.05, 4.69) is 10.3 Å². The van der Waals surface area contributed by atoms with Gasteiger partial charge >= 0.3 is 5.97 Å². The largest absolute Gasteiger partial charge is 0.467 e. The average molecular weight is 441 g/mol. The number of rotatable bonds is 4. The molecule has 0 bridgehead atoms. The van der Waals surface area contributed by atoms with Crippen molar-refractivity contribution in [2.24, 2.45) is 0 Å². The van der Waals surface area contributed by atoms with E-state index in [0.29, 0.717) is 24.8 Å². The Balaban J connectivity index is 2.12. The first-order valence-electron chi connectivity index (χ1n) is 9.39. The molecule has 30 heavy (non-hydrogen) atoms. The fourth-order valence-corrected chi connectivity index (χ4v) is 3.62. The van der Waals surface area contributed by atoms with Gasteiger partial charge < -0.3 is 19.5 Å². The zero-order chi connectivity index (χ0) is 22.2. The lowest BCUT2D eigenvalue weighted by atomic mass is 10.1. The lowest BCUT2D eigenvalue weighted by Gasteiger charge is -2.23. The monoisotopic (exact) mass is 440 g/mol. The van der Waals surface area contributed by atoms with Crippen LogP contribution in [0.5, 0.6) is 0 Å². The molecular formula is C20H23ClF2N4O3. The summed E-state index contributed by atoms with van der Waals surface area (Å²) in [6.07, 6.45) is 0.748. The number of fused-ring (bicyclic) bond motifs is 1. The standard InChI is InChI=1S/C20H23ClF2N4O3/c1-20(2,19(29)30-4)25-18(28)16-15-10-26(3)6-5-7-27(15)17(24-16)11-8-12(21)14(23)9-13(11)22/h8-9H,5-7,10H2,1-4H3,(H,25,28). The number of amides is 1. The summed E-state index contributed by atoms with van der Waals surface area (Å²) in [5.41, 5.74) is -0.652. The zero-order valence-corrected chi connectivity index (χ0v) is 17.9. The summed E-state index contributed by atoms with van der Waals surface area (Å²) >= 11 is 5.86. The number of carbonyl (C=O) groups excluding carboxylic acids is 2. The Bertz CT molecular complexity index is 1010. The fourth-order valence-electron chi connectivity index (χ4n) is 3.45. The van der Waals surface area contributed by atoms with Gasteiger partial charge in [-0.25, -0.2) is 18.6 Å². The molecule has 1 aromatic heterocycles. The maximum Gasteiger partial charge on any atom is 0.330 e. The molecular weight excluding hydrogens is 418 g/mol. The van der Waals surface area contributed by atoms with Gasteiger partial charge in [-0.2, -0.15) is 0 Å². The van der Waals surface area contributed by atoms with E-state index < -0.39 is 29.0 Å². The molecule has 1 aliphatic rings. The molecule has 1 amide bonds. The molecule has 0 radical (unpaired) electrons. The third kappa shape index (κ3) is 4.17. The number of nitrogens with one attached hydrogen (secondary N) is 1. The third-order valence-corrected chi connectivity index (χ3v) is 5.29. The molecule has 0 atom stereocenters. The Hall–Kier alpha value is -2.52. The number of halogens is 3. The van der Waals surface area contributed by atoms with Crippen LogP contribution in [-0.4, -0.2) is 52.6 Å². The first-order valence-corrected chi connectivity index (χ1v) is 9.76. The quantitative estimate of drug-likeness (QED) is 0.584. The van der Waals surface area contributed by atoms with E-state index in [0.717, 1.165) is 19.0 Å². The molecule has 0 saturated carbocycles. The first-order chi connectivity index (χ1) is 14.0. The van der Waals surface area contributed by atoms with Gasteiger partial charge in [0.1, 0.15) is 23.0 Å². The van der Waals surface area contributed by atoms with Crippen LogP contribution >= 0.6 is 11.6 Å². The molecule has 2 heterocycles. The van der Waals surface area contributed by atoms with Crippen LogP contribution in [0.3, 0.4) is 0 Å². The molecule has 1 aliphatic heterocycles. The van der Waals surface area contributed by atoms with Crippen LogP contribution < -0.4 is 5.32 Å². The van der Waals surface area contributed by atoms with Gasteiger partial charge in [0, 0.05) is 19.2 Å². The van der Waals surface area contributed by atoms with Crippen LogP contribution in [0.4, 0.5) is 8.78 Å². The number of carbonyl (C=O) groups is 2. The molecule has 10 heteroatoms. The molecule has 162 valence electrons. The van der Waals surface area contributed by atoms with Gasteiger partial charge in [0.2, 0.25) is 0 Å². The van der Waals surface area contributed by atoms with Crippen molar-refractivity contribution in [2.45, 2.75) is 38.9 Å². The number of aromatic nitrogens is 2. The second-order valence-electron chi connectivity index (χ2n) is 7.79. The van der Waals surface area contributed by atoms with Gasteiger partial charge in [0.25, 0.3) is 5.91 Å². The Kier molecular flexibility index (Phi) is 6.14. The predicted molar refractivity (Wildman–Crippen MR) is 107 cm³/mol. The van der Waals surface area contributed by atoms with E-state index in [1.165, 1.54) is 21.0 Å². The predicted octanol–water partition coefficient (Wildman–Crippen LogP) is 3.00. The van der Waals surface area contributed by atoms with Gasteiger partial charge in [-0.05, 0) is 39.9 Å². The van der Waals surface area contributed by atoms with E-state index in [4.69, 9.17) is 16.3 Å². The maximum absolute atomic E-state index is 14.6. The van der Waals surface area contributed by atoms with E-state index in [-0.39, 0.29) is 22.1 Å². The van der Waals surface area contributed by atoms with Crippen molar-refractivity contribution in [1.82, 2.24) is 19.8 Å². The number of nitrogens with zero attached hydrogens (tertiary/aromatic N) is 3. The highest BCUT2D eigenvalue weighted by molar-refractivity contribution is 6.31. The minimum Gasteiger partial charge on any atom is -0.467 e. The zero-order valence-electron chi connectivity index (χ0n) is 17.2. The smallest absolute Gasteiger partial charge is 0.330 e. The van der Waals surface area contributed by atoms with Crippen molar-refractivity contribution in [1.29, 1.82) is 0 Å².